The van der Waals surface area contributed by atoms with Gasteiger partial charge in [0.15, 0.2) is 0 Å². The van der Waals surface area contributed by atoms with Gasteiger partial charge in [-0.15, -0.1) is 0 Å². The van der Waals surface area contributed by atoms with E-state index in [9.17, 15) is 0 Å². The second kappa shape index (κ2) is 8.76. The molecule has 2 rings (SSSR count). The molecule has 0 aliphatic rings. The molecule has 0 heterocycles. The Morgan fingerprint density at radius 2 is 1.62 bits per heavy atom. The molecule has 2 aromatic carbocycles. The monoisotopic (exact) mass is 324 g/mol. The number of aryl methyl sites for hydroxylation is 2. The first-order valence-corrected chi connectivity index (χ1v) is 7.87. The van der Waals surface area contributed by atoms with E-state index in [1.54, 1.807) is 14.1 Å². The van der Waals surface area contributed by atoms with Crippen molar-refractivity contribution in [2.75, 3.05) is 14.1 Å². The largest absolute Gasteiger partial charge is 0.287 e. The van der Waals surface area contributed by atoms with Crippen LogP contribution in [0.1, 0.15) is 33.9 Å². The number of benzene rings is 2. The summed E-state index contributed by atoms with van der Waals surface area (Å²) in [6.07, 6.45) is 0. The van der Waals surface area contributed by atoms with Crippen LogP contribution in [0.2, 0.25) is 0 Å². The normalized spacial score (nSPS) is 12.7. The summed E-state index contributed by atoms with van der Waals surface area (Å²) in [5, 5.41) is 15.3. The molecule has 0 bridgehead atoms. The van der Waals surface area contributed by atoms with Gasteiger partial charge in [0.05, 0.1) is 26.7 Å². The third-order valence-electron chi connectivity index (χ3n) is 3.80. The first-order chi connectivity index (χ1) is 11.7. The van der Waals surface area contributed by atoms with Gasteiger partial charge in [-0.2, -0.15) is 10.2 Å². The highest BCUT2D eigenvalue weighted by Crippen LogP contribution is 2.26. The lowest BCUT2D eigenvalue weighted by atomic mass is 9.93. The fourth-order valence-electron chi connectivity index (χ4n) is 2.54. The topological polar surface area (TPSA) is 73.5 Å². The third-order valence-corrected chi connectivity index (χ3v) is 3.80. The highest BCUT2D eigenvalue weighted by molar-refractivity contribution is 5.39. The molecule has 0 spiro atoms. The van der Waals surface area contributed by atoms with E-state index in [0.717, 1.165) is 11.1 Å². The number of nitrogens with zero attached hydrogens (tertiary/aromatic N) is 4. The molecule has 0 aromatic heterocycles. The van der Waals surface area contributed by atoms with Gasteiger partial charge < -0.3 is 0 Å². The Balaban J connectivity index is 2.29. The zero-order chi connectivity index (χ0) is 17.4. The quantitative estimate of drug-likeness (QED) is 0.595. The molecule has 0 aliphatic heterocycles. The lowest BCUT2D eigenvalue weighted by molar-refractivity contribution is 0.601. The molecule has 0 fully saturated rings. The average Bonchev–Trinajstić information content (AvgIpc) is 2.59. The first kappa shape index (κ1) is 17.6. The van der Waals surface area contributed by atoms with Gasteiger partial charge in [-0.25, -0.2) is 0 Å². The van der Waals surface area contributed by atoms with Crippen molar-refractivity contribution < 1.29 is 0 Å². The summed E-state index contributed by atoms with van der Waals surface area (Å²) in [5.74, 6) is 0. The highest BCUT2D eigenvalue weighted by Gasteiger charge is 2.16. The van der Waals surface area contributed by atoms with Gasteiger partial charge in [-0.3, -0.25) is 10.9 Å². The maximum Gasteiger partial charge on any atom is 0.0959 e. The molecule has 1 unspecified atom stereocenters. The van der Waals surface area contributed by atoms with E-state index in [0.29, 0.717) is 6.54 Å². The minimum absolute atomic E-state index is 0.0362. The Hall–Kier alpha value is -2.76. The molecule has 24 heavy (non-hydrogen) atoms. The van der Waals surface area contributed by atoms with Crippen LogP contribution in [0.4, 0.5) is 0 Å². The van der Waals surface area contributed by atoms with Crippen LogP contribution in [-0.2, 0) is 6.54 Å². The summed E-state index contributed by atoms with van der Waals surface area (Å²) >= 11 is 0. The maximum atomic E-state index is 4.01. The number of nitrogens with one attached hydrogen (secondary N) is 2. The molecule has 1 atom stereocenters. The summed E-state index contributed by atoms with van der Waals surface area (Å²) in [4.78, 5) is 0. The Morgan fingerprint density at radius 3 is 2.29 bits per heavy atom. The van der Waals surface area contributed by atoms with E-state index in [4.69, 9.17) is 0 Å². The molecule has 0 amide bonds. The van der Waals surface area contributed by atoms with Crippen LogP contribution in [0.3, 0.4) is 0 Å². The van der Waals surface area contributed by atoms with E-state index in [1.807, 2.05) is 0 Å². The molecule has 6 nitrogen and oxygen atoms in total. The van der Waals surface area contributed by atoms with Crippen molar-refractivity contribution in [2.24, 2.45) is 20.7 Å². The molecular weight excluding hydrogens is 300 g/mol. The number of rotatable bonds is 7. The summed E-state index contributed by atoms with van der Waals surface area (Å²) in [5.41, 5.74) is 12.0. The Labute approximate surface area is 143 Å². The molecule has 2 N–H and O–H groups in total. The van der Waals surface area contributed by atoms with Gasteiger partial charge >= 0.3 is 0 Å². The predicted octanol–water partition coefficient (Wildman–Crippen LogP) is 4.07. The van der Waals surface area contributed by atoms with Crippen LogP contribution in [0, 0.1) is 13.8 Å². The van der Waals surface area contributed by atoms with Crippen LogP contribution < -0.4 is 10.9 Å². The van der Waals surface area contributed by atoms with Crippen molar-refractivity contribution in [1.29, 1.82) is 0 Å². The smallest absolute Gasteiger partial charge is 0.0959 e. The second-order valence-electron chi connectivity index (χ2n) is 5.60. The average molecular weight is 324 g/mol. The molecule has 0 aliphatic carbocycles. The van der Waals surface area contributed by atoms with E-state index >= 15 is 0 Å². The minimum atomic E-state index is -0.0362. The molecule has 126 valence electrons. The predicted molar refractivity (Wildman–Crippen MR) is 95.7 cm³/mol. The Kier molecular flexibility index (Phi) is 6.42. The van der Waals surface area contributed by atoms with Gasteiger partial charge in [0.1, 0.15) is 0 Å². The van der Waals surface area contributed by atoms with Crippen LogP contribution in [-0.4, -0.2) is 14.1 Å². The van der Waals surface area contributed by atoms with Crippen molar-refractivity contribution in [3.8, 4) is 0 Å². The standard InChI is InChI=1S/C18H24N6/c1-13-5-6-14(2)17(11-13)18(22-24-20-4)16-9-7-15(8-10-16)12-21-23-19-3/h5-11,18H,12H2,1-4H3,(H,19,21)(H,20,22). The zero-order valence-corrected chi connectivity index (χ0v) is 14.6. The van der Waals surface area contributed by atoms with E-state index in [2.05, 4.69) is 87.8 Å². The van der Waals surface area contributed by atoms with Gasteiger partial charge in [0.2, 0.25) is 0 Å². The molecule has 2 aromatic rings. The minimum Gasteiger partial charge on any atom is -0.287 e. The Morgan fingerprint density at radius 1 is 0.917 bits per heavy atom. The van der Waals surface area contributed by atoms with Crippen LogP contribution in [0.5, 0.6) is 0 Å². The summed E-state index contributed by atoms with van der Waals surface area (Å²) in [6.45, 7) is 4.85. The molecule has 6 heteroatoms. The van der Waals surface area contributed by atoms with Crippen LogP contribution in [0.25, 0.3) is 0 Å². The summed E-state index contributed by atoms with van der Waals surface area (Å²) in [7, 11) is 3.29. The lowest BCUT2D eigenvalue weighted by Crippen LogP contribution is -2.18. The molecule has 0 saturated heterocycles. The van der Waals surface area contributed by atoms with Crippen LogP contribution in [0.15, 0.2) is 63.1 Å². The molecule has 0 saturated carbocycles. The van der Waals surface area contributed by atoms with Crippen molar-refractivity contribution in [3.05, 3.63) is 70.3 Å². The van der Waals surface area contributed by atoms with Crippen LogP contribution >= 0.6 is 0 Å². The van der Waals surface area contributed by atoms with E-state index in [1.165, 1.54) is 16.7 Å². The van der Waals surface area contributed by atoms with Crippen molar-refractivity contribution in [2.45, 2.75) is 26.4 Å². The second-order valence-corrected chi connectivity index (χ2v) is 5.60. The van der Waals surface area contributed by atoms with Gasteiger partial charge in [0, 0.05) is 0 Å². The van der Waals surface area contributed by atoms with Crippen molar-refractivity contribution >= 4 is 0 Å². The molecule has 0 radical (unpaired) electrons. The summed E-state index contributed by atoms with van der Waals surface area (Å²) < 4.78 is 0. The SMILES string of the molecule is CN=NNCc1ccc(C(NN=NC)c2cc(C)ccc2C)cc1. The highest BCUT2D eigenvalue weighted by atomic mass is 15.4. The van der Waals surface area contributed by atoms with Gasteiger partial charge in [0.25, 0.3) is 0 Å². The van der Waals surface area contributed by atoms with Crippen molar-refractivity contribution in [3.63, 3.8) is 0 Å². The van der Waals surface area contributed by atoms with Gasteiger partial charge in [-0.1, -0.05) is 58.5 Å². The first-order valence-electron chi connectivity index (χ1n) is 7.87. The van der Waals surface area contributed by atoms with E-state index < -0.39 is 0 Å². The third kappa shape index (κ3) is 4.62. The lowest BCUT2D eigenvalue weighted by Gasteiger charge is -2.20. The molecular formula is C18H24N6. The number of hydrogen-bond donors (Lipinski definition) is 2. The van der Waals surface area contributed by atoms with Crippen molar-refractivity contribution in [1.82, 2.24) is 10.9 Å². The maximum absolute atomic E-state index is 4.01. The fourth-order valence-corrected chi connectivity index (χ4v) is 2.54. The van der Waals surface area contributed by atoms with Gasteiger partial charge in [-0.05, 0) is 36.1 Å². The Bertz CT molecular complexity index is 706. The summed E-state index contributed by atoms with van der Waals surface area (Å²) in [6, 6.07) is 14.8. The number of hydrogen-bond acceptors (Lipinski definition) is 4. The zero-order valence-electron chi connectivity index (χ0n) is 14.6. The van der Waals surface area contributed by atoms with E-state index in [-0.39, 0.29) is 6.04 Å². The fraction of sp³-hybridized carbons (Fsp3) is 0.333.